The monoisotopic (exact) mass is 355 g/mol. The fourth-order valence-electron chi connectivity index (χ4n) is 3.59. The molecule has 3 aromatic rings. The molecule has 1 aromatic heterocycles. The van der Waals surface area contributed by atoms with Crippen LogP contribution >= 0.6 is 11.6 Å². The van der Waals surface area contributed by atoms with E-state index in [0.29, 0.717) is 6.61 Å². The number of aromatic amines is 1. The van der Waals surface area contributed by atoms with Crippen molar-refractivity contribution >= 4 is 28.5 Å². The molecule has 2 aromatic carbocycles. The molecule has 5 heteroatoms. The fourth-order valence-corrected chi connectivity index (χ4v) is 3.85. The maximum Gasteiger partial charge on any atom is 0.364 e. The molecule has 1 aliphatic rings. The number of quaternary nitrogens is 1. The zero-order valence-corrected chi connectivity index (χ0v) is 14.5. The second-order valence-corrected chi connectivity index (χ2v) is 6.80. The van der Waals surface area contributed by atoms with Gasteiger partial charge in [0.05, 0.1) is 19.1 Å². The molecule has 25 heavy (non-hydrogen) atoms. The number of cyclic esters (lactones) is 1. The second kappa shape index (κ2) is 6.90. The average molecular weight is 356 g/mol. The van der Waals surface area contributed by atoms with Crippen molar-refractivity contribution in [3.8, 4) is 0 Å². The maximum atomic E-state index is 11.8. The highest BCUT2D eigenvalue weighted by molar-refractivity contribution is 6.31. The summed E-state index contributed by atoms with van der Waals surface area (Å²) in [6.07, 6.45) is 2.82. The van der Waals surface area contributed by atoms with Crippen LogP contribution in [0.25, 0.3) is 10.9 Å². The molecule has 0 amide bonds. The molecule has 0 unspecified atom stereocenters. The summed E-state index contributed by atoms with van der Waals surface area (Å²) < 4.78 is 5.09. The largest absolute Gasteiger partial charge is 0.461 e. The Morgan fingerprint density at radius 1 is 1.16 bits per heavy atom. The van der Waals surface area contributed by atoms with Crippen LogP contribution in [0.2, 0.25) is 5.02 Å². The van der Waals surface area contributed by atoms with Crippen LogP contribution in [-0.4, -0.2) is 30.1 Å². The lowest BCUT2D eigenvalue weighted by atomic mass is 9.90. The summed E-state index contributed by atoms with van der Waals surface area (Å²) in [5.74, 6) is -0.0184. The van der Waals surface area contributed by atoms with E-state index in [2.05, 4.69) is 34.7 Å². The number of para-hydroxylation sites is 1. The molecule has 0 radical (unpaired) electrons. The number of benzene rings is 2. The summed E-state index contributed by atoms with van der Waals surface area (Å²) in [6, 6.07) is 16.1. The third kappa shape index (κ3) is 3.15. The molecule has 2 heterocycles. The lowest BCUT2D eigenvalue weighted by molar-refractivity contribution is -0.677. The van der Waals surface area contributed by atoms with Crippen LogP contribution in [0.15, 0.2) is 54.7 Å². The first-order valence-corrected chi connectivity index (χ1v) is 8.92. The minimum Gasteiger partial charge on any atom is -0.461 e. The lowest BCUT2D eigenvalue weighted by Gasteiger charge is -2.18. The van der Waals surface area contributed by atoms with Crippen LogP contribution < -0.4 is 5.32 Å². The molecule has 0 saturated carbocycles. The molecule has 0 spiro atoms. The molecule has 1 saturated heterocycles. The number of carbonyl (C=O) groups is 1. The van der Waals surface area contributed by atoms with Gasteiger partial charge < -0.3 is 15.0 Å². The van der Waals surface area contributed by atoms with Crippen LogP contribution in [0.4, 0.5) is 0 Å². The Bertz CT molecular complexity index is 905. The van der Waals surface area contributed by atoms with Gasteiger partial charge in [-0.3, -0.25) is 0 Å². The van der Waals surface area contributed by atoms with E-state index < -0.39 is 0 Å². The number of nitrogens with two attached hydrogens (primary N) is 1. The van der Waals surface area contributed by atoms with Gasteiger partial charge in [0.1, 0.15) is 0 Å². The van der Waals surface area contributed by atoms with Gasteiger partial charge in [-0.05, 0) is 23.3 Å². The molecule has 3 N–H and O–H groups in total. The van der Waals surface area contributed by atoms with Crippen LogP contribution in [-0.2, 0) is 9.53 Å². The van der Waals surface area contributed by atoms with Crippen molar-refractivity contribution < 1.29 is 14.8 Å². The van der Waals surface area contributed by atoms with Gasteiger partial charge in [0, 0.05) is 28.5 Å². The number of hydrogen-bond donors (Lipinski definition) is 2. The summed E-state index contributed by atoms with van der Waals surface area (Å²) in [7, 11) is 0. The predicted octanol–water partition coefficient (Wildman–Crippen LogP) is 2.83. The van der Waals surface area contributed by atoms with Gasteiger partial charge in [-0.1, -0.05) is 48.0 Å². The van der Waals surface area contributed by atoms with Crippen LogP contribution in [0.3, 0.4) is 0 Å². The minimum absolute atomic E-state index is 0.0956. The molecule has 0 bridgehead atoms. The van der Waals surface area contributed by atoms with E-state index in [-0.39, 0.29) is 17.9 Å². The zero-order valence-electron chi connectivity index (χ0n) is 13.7. The summed E-state index contributed by atoms with van der Waals surface area (Å²) >= 11 is 6.50. The fraction of sp³-hybridized carbons (Fsp3) is 0.250. The van der Waals surface area contributed by atoms with Crippen molar-refractivity contribution in [2.24, 2.45) is 0 Å². The standard InChI is InChI=1S/C20H19ClN2O2/c21-17-7-3-1-5-13(17)15(11-23-19-9-10-25-20(19)24)16-12-22-18-8-4-2-6-14(16)18/h1-8,12,15,19,22-23H,9-11H2/p+1/t15-,19-/m0/s1. The molecule has 1 fully saturated rings. The molecule has 4 nitrogen and oxygen atoms in total. The molecule has 4 rings (SSSR count). The van der Waals surface area contributed by atoms with E-state index in [1.807, 2.05) is 30.3 Å². The van der Waals surface area contributed by atoms with Gasteiger partial charge in [0.2, 0.25) is 0 Å². The molecular formula is C20H20ClN2O2+. The number of esters is 1. The highest BCUT2D eigenvalue weighted by Gasteiger charge is 2.32. The quantitative estimate of drug-likeness (QED) is 0.691. The van der Waals surface area contributed by atoms with Gasteiger partial charge in [-0.15, -0.1) is 0 Å². The Hall–Kier alpha value is -2.30. The van der Waals surface area contributed by atoms with Gasteiger partial charge in [-0.2, -0.15) is 0 Å². The third-order valence-electron chi connectivity index (χ3n) is 4.91. The molecular weight excluding hydrogens is 336 g/mol. The normalized spacial score (nSPS) is 18.4. The van der Waals surface area contributed by atoms with Crippen molar-refractivity contribution in [3.63, 3.8) is 0 Å². The first kappa shape index (κ1) is 16.2. The Morgan fingerprint density at radius 3 is 2.76 bits per heavy atom. The van der Waals surface area contributed by atoms with Crippen LogP contribution in [0.5, 0.6) is 0 Å². The Morgan fingerprint density at radius 2 is 1.96 bits per heavy atom. The number of nitrogens with one attached hydrogen (secondary N) is 1. The Balaban J connectivity index is 1.71. The highest BCUT2D eigenvalue weighted by atomic mass is 35.5. The smallest absolute Gasteiger partial charge is 0.364 e. The lowest BCUT2D eigenvalue weighted by Crippen LogP contribution is -2.92. The first-order chi connectivity index (χ1) is 12.2. The SMILES string of the molecule is O=C1OCC[C@@H]1[NH2+]C[C@@H](c1ccccc1Cl)c1c[nH]c2ccccc12. The summed E-state index contributed by atoms with van der Waals surface area (Å²) in [4.78, 5) is 15.1. The maximum absolute atomic E-state index is 11.8. The summed E-state index contributed by atoms with van der Waals surface area (Å²) in [5, 5.41) is 4.03. The van der Waals surface area contributed by atoms with Crippen molar-refractivity contribution in [1.29, 1.82) is 0 Å². The number of hydrogen-bond acceptors (Lipinski definition) is 2. The number of rotatable bonds is 5. The third-order valence-corrected chi connectivity index (χ3v) is 5.25. The Labute approximate surface area is 151 Å². The van der Waals surface area contributed by atoms with Gasteiger partial charge in [0.25, 0.3) is 0 Å². The number of fused-ring (bicyclic) bond motifs is 1. The van der Waals surface area contributed by atoms with Crippen LogP contribution in [0.1, 0.15) is 23.5 Å². The second-order valence-electron chi connectivity index (χ2n) is 6.40. The van der Waals surface area contributed by atoms with E-state index in [1.165, 1.54) is 10.9 Å². The van der Waals surface area contributed by atoms with E-state index in [4.69, 9.17) is 16.3 Å². The van der Waals surface area contributed by atoms with Gasteiger partial charge in [-0.25, -0.2) is 4.79 Å². The highest BCUT2D eigenvalue weighted by Crippen LogP contribution is 2.33. The van der Waals surface area contributed by atoms with E-state index in [0.717, 1.165) is 29.1 Å². The molecule has 0 aliphatic carbocycles. The van der Waals surface area contributed by atoms with Gasteiger partial charge in [0.15, 0.2) is 6.04 Å². The summed E-state index contributed by atoms with van der Waals surface area (Å²) in [6.45, 7) is 1.26. The average Bonchev–Trinajstić information content (AvgIpc) is 3.23. The number of carbonyl (C=O) groups excluding carboxylic acids is 1. The predicted molar refractivity (Wildman–Crippen MR) is 97.8 cm³/mol. The molecule has 2 atom stereocenters. The van der Waals surface area contributed by atoms with Crippen molar-refractivity contribution in [2.45, 2.75) is 18.4 Å². The molecule has 128 valence electrons. The van der Waals surface area contributed by atoms with Crippen molar-refractivity contribution in [3.05, 3.63) is 70.9 Å². The van der Waals surface area contributed by atoms with Crippen LogP contribution in [0, 0.1) is 0 Å². The summed E-state index contributed by atoms with van der Waals surface area (Å²) in [5.41, 5.74) is 3.39. The van der Waals surface area contributed by atoms with Crippen molar-refractivity contribution in [1.82, 2.24) is 4.98 Å². The van der Waals surface area contributed by atoms with E-state index in [1.54, 1.807) is 0 Å². The van der Waals surface area contributed by atoms with Crippen molar-refractivity contribution in [2.75, 3.05) is 13.2 Å². The number of ether oxygens (including phenoxy) is 1. The topological polar surface area (TPSA) is 58.7 Å². The minimum atomic E-state index is -0.116. The number of H-pyrrole nitrogens is 1. The van der Waals surface area contributed by atoms with Gasteiger partial charge >= 0.3 is 5.97 Å². The zero-order chi connectivity index (χ0) is 17.2. The molecule has 1 aliphatic heterocycles. The van der Waals surface area contributed by atoms with E-state index in [9.17, 15) is 4.79 Å². The van der Waals surface area contributed by atoms with E-state index >= 15 is 0 Å². The first-order valence-electron chi connectivity index (χ1n) is 8.54. The number of halogens is 1. The number of aromatic nitrogens is 1. The Kier molecular flexibility index (Phi) is 4.47.